The highest BCUT2D eigenvalue weighted by Crippen LogP contribution is 2.45. The molecule has 2 atom stereocenters. The maximum absolute atomic E-state index is 13.1. The van der Waals surface area contributed by atoms with Gasteiger partial charge in [0.05, 0.1) is 6.42 Å². The Balaban J connectivity index is 1.25. The Morgan fingerprint density at radius 2 is 1.53 bits per heavy atom. The van der Waals surface area contributed by atoms with Gasteiger partial charge in [-0.05, 0) is 47.9 Å². The number of hydrogen-bond donors (Lipinski definition) is 0. The van der Waals surface area contributed by atoms with Gasteiger partial charge in [-0.15, -0.1) is 5.92 Å². The normalized spacial score (nSPS) is 23.2. The molecule has 2 aromatic rings. The van der Waals surface area contributed by atoms with Gasteiger partial charge in [-0.1, -0.05) is 61.4 Å². The van der Waals surface area contributed by atoms with Crippen molar-refractivity contribution < 1.29 is 14.3 Å². The maximum atomic E-state index is 13.1. The van der Waals surface area contributed by atoms with Gasteiger partial charge in [0.1, 0.15) is 12.4 Å². The summed E-state index contributed by atoms with van der Waals surface area (Å²) in [5, 5.41) is 0. The molecule has 164 valence electrons. The van der Waals surface area contributed by atoms with E-state index in [9.17, 15) is 9.59 Å². The van der Waals surface area contributed by atoms with Crippen LogP contribution in [-0.4, -0.2) is 35.5 Å². The molecule has 0 saturated carbocycles. The van der Waals surface area contributed by atoms with Crippen molar-refractivity contribution in [3.05, 3.63) is 59.7 Å². The average molecular weight is 428 g/mol. The van der Waals surface area contributed by atoms with E-state index in [0.29, 0.717) is 13.0 Å². The van der Waals surface area contributed by atoms with Gasteiger partial charge in [0, 0.05) is 30.3 Å². The Morgan fingerprint density at radius 3 is 2.12 bits per heavy atom. The predicted octanol–water partition coefficient (Wildman–Crippen LogP) is 5.55. The Morgan fingerprint density at radius 1 is 0.938 bits per heavy atom. The molecule has 2 fully saturated rings. The van der Waals surface area contributed by atoms with Crippen molar-refractivity contribution in [2.45, 2.75) is 63.5 Å². The first-order chi connectivity index (χ1) is 15.7. The fourth-order valence-corrected chi connectivity index (χ4v) is 5.83. The molecule has 0 aromatic heterocycles. The second-order valence-electron chi connectivity index (χ2n) is 9.11. The topological polar surface area (TPSA) is 46.6 Å². The van der Waals surface area contributed by atoms with Crippen molar-refractivity contribution in [3.63, 3.8) is 0 Å². The van der Waals surface area contributed by atoms with E-state index >= 15 is 0 Å². The van der Waals surface area contributed by atoms with Crippen LogP contribution in [0, 0.1) is 17.8 Å². The first-order valence-electron chi connectivity index (χ1n) is 11.8. The van der Waals surface area contributed by atoms with Crippen LogP contribution in [0.5, 0.6) is 0 Å². The number of nitrogens with zero attached hydrogens (tertiary/aromatic N) is 1. The van der Waals surface area contributed by atoms with E-state index in [1.54, 1.807) is 0 Å². The number of amides is 1. The van der Waals surface area contributed by atoms with E-state index in [-0.39, 0.29) is 35.8 Å². The van der Waals surface area contributed by atoms with Crippen molar-refractivity contribution >= 4 is 11.9 Å². The fraction of sp³-hybridized carbons (Fsp3) is 0.429. The van der Waals surface area contributed by atoms with E-state index in [1.165, 1.54) is 22.3 Å². The van der Waals surface area contributed by atoms with Crippen molar-refractivity contribution in [3.8, 4) is 23.0 Å². The number of benzene rings is 2. The van der Waals surface area contributed by atoms with Gasteiger partial charge in [0.15, 0.2) is 0 Å². The van der Waals surface area contributed by atoms with Gasteiger partial charge < -0.3 is 9.64 Å². The zero-order valence-electron chi connectivity index (χ0n) is 18.5. The Hall–Kier alpha value is -3.06. The summed E-state index contributed by atoms with van der Waals surface area (Å²) in [6, 6.07) is 17.0. The minimum atomic E-state index is -0.226. The van der Waals surface area contributed by atoms with Gasteiger partial charge in [-0.2, -0.15) is 0 Å². The summed E-state index contributed by atoms with van der Waals surface area (Å²) < 4.78 is 5.91. The van der Waals surface area contributed by atoms with Crippen molar-refractivity contribution in [2.24, 2.45) is 5.92 Å². The zero-order chi connectivity index (χ0) is 22.1. The molecule has 1 aliphatic carbocycles. The number of fused-ring (bicyclic) bond motifs is 5. The molecule has 4 heteroatoms. The number of Topliss-reactive ketones (excluding diaryl/α,β-unsaturated/α-hetero) is 1. The van der Waals surface area contributed by atoms with Gasteiger partial charge >= 0.3 is 6.09 Å². The van der Waals surface area contributed by atoms with Crippen LogP contribution >= 0.6 is 0 Å². The van der Waals surface area contributed by atoms with Crippen molar-refractivity contribution in [1.29, 1.82) is 0 Å². The monoisotopic (exact) mass is 427 g/mol. The minimum Gasteiger partial charge on any atom is -0.448 e. The Labute approximate surface area is 190 Å². The van der Waals surface area contributed by atoms with Gasteiger partial charge in [0.25, 0.3) is 0 Å². The number of piperidine rings is 1. The lowest BCUT2D eigenvalue weighted by atomic mass is 9.86. The highest BCUT2D eigenvalue weighted by Gasteiger charge is 2.45. The number of carbonyl (C=O) groups is 2. The molecule has 2 saturated heterocycles. The van der Waals surface area contributed by atoms with E-state index in [4.69, 9.17) is 4.74 Å². The van der Waals surface area contributed by atoms with Crippen LogP contribution in [-0.2, 0) is 9.53 Å². The summed E-state index contributed by atoms with van der Waals surface area (Å²) in [7, 11) is 0. The van der Waals surface area contributed by atoms with Gasteiger partial charge in [-0.25, -0.2) is 4.79 Å². The summed E-state index contributed by atoms with van der Waals surface area (Å²) in [4.78, 5) is 27.6. The summed E-state index contributed by atoms with van der Waals surface area (Å²) >= 11 is 0. The summed E-state index contributed by atoms with van der Waals surface area (Å²) in [5.41, 5.74) is 4.91. The fourth-order valence-electron chi connectivity index (χ4n) is 5.83. The van der Waals surface area contributed by atoms with Crippen LogP contribution in [0.25, 0.3) is 11.1 Å². The van der Waals surface area contributed by atoms with Crippen molar-refractivity contribution in [2.75, 3.05) is 6.61 Å². The molecular formula is C28H29NO3. The number of ether oxygens (including phenoxy) is 1. The third kappa shape index (κ3) is 3.71. The minimum absolute atomic E-state index is 0.0243. The van der Waals surface area contributed by atoms with Gasteiger partial charge in [-0.3, -0.25) is 4.79 Å². The molecule has 32 heavy (non-hydrogen) atoms. The predicted molar refractivity (Wildman–Crippen MR) is 124 cm³/mol. The zero-order valence-corrected chi connectivity index (χ0v) is 18.5. The largest absolute Gasteiger partial charge is 0.448 e. The molecule has 2 unspecified atom stereocenters. The standard InChI is InChI=1S/C28H29NO3/c1-2-3-4-13-27(30)19-16-20-14-15-21(17-19)29(20)28(31)32-18-26-24-11-7-5-9-22(24)23-10-6-8-12-25(23)26/h5-12,19-21,26H,2,13-18H2,1H3. The lowest BCUT2D eigenvalue weighted by molar-refractivity contribution is -0.124. The number of hydrogen-bond acceptors (Lipinski definition) is 3. The van der Waals surface area contributed by atoms with Crippen LogP contribution in [0.3, 0.4) is 0 Å². The van der Waals surface area contributed by atoms with Crippen LogP contribution in [0.4, 0.5) is 4.79 Å². The molecule has 0 N–H and O–H groups in total. The van der Waals surface area contributed by atoms with E-state index in [0.717, 1.165) is 32.1 Å². The highest BCUT2D eigenvalue weighted by atomic mass is 16.6. The lowest BCUT2D eigenvalue weighted by Gasteiger charge is -2.37. The molecular weight excluding hydrogens is 398 g/mol. The smallest absolute Gasteiger partial charge is 0.410 e. The third-order valence-corrected chi connectivity index (χ3v) is 7.30. The van der Waals surface area contributed by atoms with E-state index in [2.05, 4.69) is 48.2 Å². The molecule has 2 heterocycles. The number of rotatable bonds is 4. The molecule has 5 rings (SSSR count). The van der Waals surface area contributed by atoms with Crippen LogP contribution < -0.4 is 0 Å². The molecule has 4 nitrogen and oxygen atoms in total. The molecule has 2 aromatic carbocycles. The molecule has 3 aliphatic rings. The second-order valence-corrected chi connectivity index (χ2v) is 9.11. The van der Waals surface area contributed by atoms with E-state index in [1.807, 2.05) is 24.0 Å². The summed E-state index contributed by atoms with van der Waals surface area (Å²) in [6.07, 6.45) is 4.29. The van der Waals surface area contributed by atoms with Crippen LogP contribution in [0.1, 0.15) is 62.5 Å². The molecule has 0 spiro atoms. The first kappa shape index (κ1) is 20.8. The molecule has 0 radical (unpaired) electrons. The quantitative estimate of drug-likeness (QED) is 0.601. The lowest BCUT2D eigenvalue weighted by Crippen LogP contribution is -2.48. The number of ketones is 1. The summed E-state index contributed by atoms with van der Waals surface area (Å²) in [6.45, 7) is 2.34. The van der Waals surface area contributed by atoms with E-state index < -0.39 is 0 Å². The summed E-state index contributed by atoms with van der Waals surface area (Å²) in [5.74, 6) is 6.29. The SMILES string of the molecule is CCC#CCC(=O)C1CC2CCC(C1)N2C(=O)OCC1c2ccccc2-c2ccccc21. The first-order valence-corrected chi connectivity index (χ1v) is 11.8. The average Bonchev–Trinajstić information content (AvgIpc) is 3.28. The third-order valence-electron chi connectivity index (χ3n) is 7.30. The molecule has 2 bridgehead atoms. The Bertz CT molecular complexity index is 1040. The highest BCUT2D eigenvalue weighted by molar-refractivity contribution is 5.84. The Kier molecular flexibility index (Phi) is 5.74. The molecule has 2 aliphatic heterocycles. The molecule has 1 amide bonds. The van der Waals surface area contributed by atoms with Crippen LogP contribution in [0.15, 0.2) is 48.5 Å². The van der Waals surface area contributed by atoms with Gasteiger partial charge in [0.2, 0.25) is 0 Å². The maximum Gasteiger partial charge on any atom is 0.410 e. The number of carbonyl (C=O) groups excluding carboxylic acids is 2. The second kappa shape index (κ2) is 8.82. The van der Waals surface area contributed by atoms with Crippen molar-refractivity contribution in [1.82, 2.24) is 4.90 Å². The van der Waals surface area contributed by atoms with Crippen LogP contribution in [0.2, 0.25) is 0 Å².